The maximum absolute atomic E-state index is 14.7. The van der Waals surface area contributed by atoms with Crippen LogP contribution in [0.3, 0.4) is 0 Å². The van der Waals surface area contributed by atoms with Gasteiger partial charge in [-0.15, -0.1) is 0 Å². The van der Waals surface area contributed by atoms with E-state index in [1.54, 1.807) is 33.2 Å². The zero-order valence-electron chi connectivity index (χ0n) is 16.6. The summed E-state index contributed by atoms with van der Waals surface area (Å²) in [5.74, 6) is 0.658. The maximum Gasteiger partial charge on any atom is 0.132 e. The summed E-state index contributed by atoms with van der Waals surface area (Å²) in [6.07, 6.45) is 2.60. The lowest BCUT2D eigenvalue weighted by atomic mass is 9.88. The molecule has 0 bridgehead atoms. The summed E-state index contributed by atoms with van der Waals surface area (Å²) in [6, 6.07) is 9.98. The highest BCUT2D eigenvalue weighted by Crippen LogP contribution is 2.44. The first kappa shape index (κ1) is 19.2. The Morgan fingerprint density at radius 2 is 2.11 bits per heavy atom. The van der Waals surface area contributed by atoms with E-state index in [0.29, 0.717) is 17.4 Å². The zero-order chi connectivity index (χ0) is 20.1. The quantitative estimate of drug-likeness (QED) is 0.602. The van der Waals surface area contributed by atoms with Crippen LogP contribution in [0.1, 0.15) is 43.6 Å². The molecule has 1 aliphatic rings. The monoisotopic (exact) mass is 401 g/mol. The molecule has 0 aliphatic carbocycles. The first-order valence-corrected chi connectivity index (χ1v) is 9.90. The van der Waals surface area contributed by atoms with E-state index >= 15 is 0 Å². The second-order valence-electron chi connectivity index (χ2n) is 8.16. The number of hydrogen-bond acceptors (Lipinski definition) is 3. The second kappa shape index (κ2) is 7.05. The van der Waals surface area contributed by atoms with Crippen LogP contribution < -0.4 is 4.74 Å². The minimum Gasteiger partial charge on any atom is -0.496 e. The predicted molar refractivity (Wildman–Crippen MR) is 111 cm³/mol. The number of pyridine rings is 1. The van der Waals surface area contributed by atoms with E-state index in [2.05, 4.69) is 40.0 Å². The van der Waals surface area contributed by atoms with E-state index in [-0.39, 0.29) is 12.1 Å². The number of benzene rings is 1. The van der Waals surface area contributed by atoms with Crippen LogP contribution in [-0.2, 0) is 6.42 Å². The summed E-state index contributed by atoms with van der Waals surface area (Å²) in [5, 5.41) is 1.59. The average Bonchev–Trinajstić information content (AvgIpc) is 3.00. The lowest BCUT2D eigenvalue weighted by Gasteiger charge is -2.43. The number of methoxy groups -OCH3 is 1. The van der Waals surface area contributed by atoms with Gasteiger partial charge in [-0.3, -0.25) is 4.90 Å². The van der Waals surface area contributed by atoms with Crippen LogP contribution in [0, 0.1) is 0 Å². The molecule has 3 heterocycles. The van der Waals surface area contributed by atoms with Crippen molar-refractivity contribution in [2.24, 2.45) is 0 Å². The van der Waals surface area contributed by atoms with Gasteiger partial charge in [-0.2, -0.15) is 0 Å². The van der Waals surface area contributed by atoms with E-state index in [9.17, 15) is 4.39 Å². The lowest BCUT2D eigenvalue weighted by Crippen LogP contribution is -2.47. The number of aromatic nitrogens is 2. The summed E-state index contributed by atoms with van der Waals surface area (Å²) >= 11 is 6.10. The number of para-hydroxylation sites is 1. The minimum absolute atomic E-state index is 0.159. The number of aromatic amines is 1. The highest BCUT2D eigenvalue weighted by molar-refractivity contribution is 6.29. The highest BCUT2D eigenvalue weighted by Gasteiger charge is 2.39. The Bertz CT molecular complexity index is 1010. The third-order valence-corrected chi connectivity index (χ3v) is 5.66. The number of nitrogens with zero attached hydrogens (tertiary/aromatic N) is 2. The molecular formula is C22H25ClFN3O. The van der Waals surface area contributed by atoms with E-state index in [0.717, 1.165) is 23.2 Å². The number of rotatable bonds is 4. The van der Waals surface area contributed by atoms with Crippen LogP contribution >= 0.6 is 11.6 Å². The number of halogens is 2. The van der Waals surface area contributed by atoms with Crippen molar-refractivity contribution in [1.29, 1.82) is 0 Å². The van der Waals surface area contributed by atoms with Gasteiger partial charge < -0.3 is 9.72 Å². The Morgan fingerprint density at radius 3 is 2.82 bits per heavy atom. The van der Waals surface area contributed by atoms with Crippen molar-refractivity contribution in [3.63, 3.8) is 0 Å². The van der Waals surface area contributed by atoms with Crippen LogP contribution in [0.5, 0.6) is 5.75 Å². The van der Waals surface area contributed by atoms with Gasteiger partial charge >= 0.3 is 0 Å². The Hall–Kier alpha value is -2.11. The van der Waals surface area contributed by atoms with Crippen LogP contribution in [0.4, 0.5) is 4.39 Å². The molecule has 0 amide bonds. The molecule has 4 nitrogen and oxygen atoms in total. The number of H-pyrrole nitrogens is 1. The summed E-state index contributed by atoms with van der Waals surface area (Å²) in [4.78, 5) is 10.1. The number of alkyl halides is 1. The number of nitrogens with one attached hydrogen (secondary N) is 1. The van der Waals surface area contributed by atoms with Crippen LogP contribution in [0.25, 0.3) is 10.9 Å². The summed E-state index contributed by atoms with van der Waals surface area (Å²) < 4.78 is 20.4. The molecule has 1 aromatic carbocycles. The predicted octanol–water partition coefficient (Wildman–Crippen LogP) is 5.31. The van der Waals surface area contributed by atoms with E-state index < -0.39 is 5.67 Å². The normalized spacial score (nSPS) is 20.4. The largest absolute Gasteiger partial charge is 0.496 e. The fourth-order valence-corrected chi connectivity index (χ4v) is 4.48. The first-order valence-electron chi connectivity index (χ1n) is 9.52. The van der Waals surface area contributed by atoms with Gasteiger partial charge in [-0.25, -0.2) is 9.37 Å². The molecule has 1 N–H and O–H groups in total. The smallest absolute Gasteiger partial charge is 0.132 e. The van der Waals surface area contributed by atoms with E-state index in [4.69, 9.17) is 16.3 Å². The average molecular weight is 402 g/mol. The Morgan fingerprint density at radius 1 is 1.36 bits per heavy atom. The van der Waals surface area contributed by atoms with Gasteiger partial charge in [0.25, 0.3) is 0 Å². The van der Waals surface area contributed by atoms with Crippen molar-refractivity contribution in [3.05, 3.63) is 58.5 Å². The van der Waals surface area contributed by atoms with Crippen molar-refractivity contribution < 1.29 is 9.13 Å². The van der Waals surface area contributed by atoms with Crippen molar-refractivity contribution in [2.45, 2.75) is 44.9 Å². The molecule has 0 saturated carbocycles. The topological polar surface area (TPSA) is 41.1 Å². The summed E-state index contributed by atoms with van der Waals surface area (Å²) in [7, 11) is 1.62. The van der Waals surface area contributed by atoms with Gasteiger partial charge in [-0.05, 0) is 38.8 Å². The van der Waals surface area contributed by atoms with Crippen LogP contribution in [0.15, 0.2) is 36.5 Å². The lowest BCUT2D eigenvalue weighted by molar-refractivity contribution is 0.0658. The Labute approximate surface area is 169 Å². The van der Waals surface area contributed by atoms with Gasteiger partial charge in [0.2, 0.25) is 0 Å². The third kappa shape index (κ3) is 3.38. The van der Waals surface area contributed by atoms with Gasteiger partial charge in [0.1, 0.15) is 16.6 Å². The summed E-state index contributed by atoms with van der Waals surface area (Å²) in [5.41, 5.74) is 3.00. The van der Waals surface area contributed by atoms with E-state index in [1.165, 1.54) is 10.9 Å². The zero-order valence-corrected chi connectivity index (χ0v) is 17.3. The standard InChI is InChI=1S/C22H25ClFN3O/c1-13-9-15-14-7-5-6-8-17(14)26-20(15)21(27(13)12-22(2,3)24)16-11-25-19(23)10-18(16)28-4/h5-8,10-11,13,21,26H,9,12H2,1-4H3/t13-,21-/m1/s1. The second-order valence-corrected chi connectivity index (χ2v) is 8.55. The van der Waals surface area contributed by atoms with Crippen molar-refractivity contribution in [1.82, 2.24) is 14.9 Å². The Balaban J connectivity index is 1.95. The molecule has 2 aromatic heterocycles. The molecule has 3 aromatic rings. The fraction of sp³-hybridized carbons (Fsp3) is 0.409. The molecule has 0 saturated heterocycles. The molecule has 1 aliphatic heterocycles. The minimum atomic E-state index is -1.33. The third-order valence-electron chi connectivity index (χ3n) is 5.45. The fourth-order valence-electron chi connectivity index (χ4n) is 4.33. The van der Waals surface area contributed by atoms with E-state index in [1.807, 2.05) is 6.07 Å². The molecule has 0 radical (unpaired) electrons. The SMILES string of the molecule is COc1cc(Cl)ncc1[C@@H]1c2[nH]c3ccccc3c2C[C@@H](C)N1CC(C)(C)F. The van der Waals surface area contributed by atoms with Crippen LogP contribution in [0.2, 0.25) is 5.15 Å². The molecule has 4 rings (SSSR count). The molecule has 0 spiro atoms. The maximum atomic E-state index is 14.7. The molecule has 6 heteroatoms. The van der Waals surface area contributed by atoms with Crippen LogP contribution in [-0.4, -0.2) is 40.2 Å². The molecule has 28 heavy (non-hydrogen) atoms. The van der Waals surface area contributed by atoms with Crippen molar-refractivity contribution in [3.8, 4) is 5.75 Å². The number of ether oxygens (including phenoxy) is 1. The molecule has 0 fully saturated rings. The van der Waals surface area contributed by atoms with Gasteiger partial charge in [0.15, 0.2) is 0 Å². The highest BCUT2D eigenvalue weighted by atomic mass is 35.5. The number of hydrogen-bond donors (Lipinski definition) is 1. The van der Waals surface area contributed by atoms with Crippen molar-refractivity contribution >= 4 is 22.5 Å². The first-order chi connectivity index (χ1) is 13.3. The molecule has 2 atom stereocenters. The van der Waals surface area contributed by atoms with Crippen molar-refractivity contribution in [2.75, 3.05) is 13.7 Å². The van der Waals surface area contributed by atoms with Gasteiger partial charge in [-0.1, -0.05) is 29.8 Å². The Kier molecular flexibility index (Phi) is 4.84. The van der Waals surface area contributed by atoms with Gasteiger partial charge in [0.05, 0.1) is 13.2 Å². The molecular weight excluding hydrogens is 377 g/mol. The molecule has 0 unspecified atom stereocenters. The van der Waals surface area contributed by atoms with Gasteiger partial charge in [0, 0.05) is 47.0 Å². The molecule has 148 valence electrons. The number of fused-ring (bicyclic) bond motifs is 3. The summed E-state index contributed by atoms with van der Waals surface area (Å²) in [6.45, 7) is 5.70.